The number of hydrogen-bond donors (Lipinski definition) is 1. The van der Waals surface area contributed by atoms with Crippen LogP contribution in [0.2, 0.25) is 0 Å². The number of ether oxygens (including phenoxy) is 1. The molecule has 8 nitrogen and oxygen atoms in total. The van der Waals surface area contributed by atoms with Gasteiger partial charge in [0.15, 0.2) is 0 Å². The van der Waals surface area contributed by atoms with Crippen LogP contribution in [0.1, 0.15) is 44.4 Å². The highest BCUT2D eigenvalue weighted by molar-refractivity contribution is 5.94. The van der Waals surface area contributed by atoms with Gasteiger partial charge in [-0.25, -0.2) is 4.98 Å². The quantitative estimate of drug-likeness (QED) is 0.510. The minimum absolute atomic E-state index is 0.124. The maximum absolute atomic E-state index is 5.87. The Balaban J connectivity index is 1.37. The van der Waals surface area contributed by atoms with Crippen LogP contribution in [0.3, 0.4) is 0 Å². The Morgan fingerprint density at radius 2 is 1.97 bits per heavy atom. The van der Waals surface area contributed by atoms with Crippen molar-refractivity contribution in [2.24, 2.45) is 0 Å². The standard InChI is InChI=1S/C23H26N6O2/c1-14(2)30-18-4-5-20-19(13-18)22(27-26-20)17-6-9-24-21(12-17)29-10-7-16(8-11-29)23-28-25-15(3)31-23/h4-6,9,12-14,16H,7-8,10-11H2,1-3H3,(H,26,27). The van der Waals surface area contributed by atoms with Crippen LogP contribution in [0.5, 0.6) is 5.75 Å². The topological polar surface area (TPSA) is 93.0 Å². The summed E-state index contributed by atoms with van der Waals surface area (Å²) >= 11 is 0. The van der Waals surface area contributed by atoms with Crippen molar-refractivity contribution in [1.82, 2.24) is 25.4 Å². The van der Waals surface area contributed by atoms with Crippen molar-refractivity contribution in [2.45, 2.75) is 45.6 Å². The van der Waals surface area contributed by atoms with Gasteiger partial charge in [0.25, 0.3) is 0 Å². The van der Waals surface area contributed by atoms with E-state index >= 15 is 0 Å². The lowest BCUT2D eigenvalue weighted by molar-refractivity contribution is 0.243. The molecule has 0 atom stereocenters. The van der Waals surface area contributed by atoms with Gasteiger partial charge in [0.2, 0.25) is 11.8 Å². The van der Waals surface area contributed by atoms with Crippen LogP contribution in [0, 0.1) is 6.92 Å². The van der Waals surface area contributed by atoms with Gasteiger partial charge in [-0.2, -0.15) is 5.10 Å². The number of aromatic nitrogens is 5. The van der Waals surface area contributed by atoms with Crippen LogP contribution in [0.15, 0.2) is 40.9 Å². The minimum atomic E-state index is 0.124. The second kappa shape index (κ2) is 8.02. The van der Waals surface area contributed by atoms with Crippen LogP contribution < -0.4 is 9.64 Å². The molecular formula is C23H26N6O2. The first-order valence-electron chi connectivity index (χ1n) is 10.7. The Labute approximate surface area is 180 Å². The fraction of sp³-hybridized carbons (Fsp3) is 0.391. The first-order chi connectivity index (χ1) is 15.1. The van der Waals surface area contributed by atoms with E-state index in [0.717, 1.165) is 65.5 Å². The molecule has 1 aromatic carbocycles. The number of aromatic amines is 1. The molecule has 4 aromatic rings. The molecule has 5 rings (SSSR count). The van der Waals surface area contributed by atoms with E-state index in [-0.39, 0.29) is 6.10 Å². The van der Waals surface area contributed by atoms with E-state index in [1.165, 1.54) is 0 Å². The largest absolute Gasteiger partial charge is 0.491 e. The van der Waals surface area contributed by atoms with Gasteiger partial charge in [-0.1, -0.05) is 0 Å². The molecule has 0 radical (unpaired) electrons. The molecule has 0 bridgehead atoms. The van der Waals surface area contributed by atoms with Crippen molar-refractivity contribution < 1.29 is 9.15 Å². The number of H-pyrrole nitrogens is 1. The third-order valence-corrected chi connectivity index (χ3v) is 5.63. The van der Waals surface area contributed by atoms with Gasteiger partial charge in [0, 0.05) is 43.1 Å². The van der Waals surface area contributed by atoms with Gasteiger partial charge in [-0.05, 0) is 57.0 Å². The summed E-state index contributed by atoms with van der Waals surface area (Å²) in [6.45, 7) is 7.68. The Hall–Kier alpha value is -3.42. The molecule has 160 valence electrons. The number of piperidine rings is 1. The van der Waals surface area contributed by atoms with Gasteiger partial charge >= 0.3 is 0 Å². The Kier molecular flexibility index (Phi) is 5.05. The normalized spacial score (nSPS) is 15.2. The summed E-state index contributed by atoms with van der Waals surface area (Å²) in [5.41, 5.74) is 2.93. The minimum Gasteiger partial charge on any atom is -0.491 e. The zero-order valence-corrected chi connectivity index (χ0v) is 18.0. The van der Waals surface area contributed by atoms with Crippen molar-refractivity contribution in [2.75, 3.05) is 18.0 Å². The molecule has 31 heavy (non-hydrogen) atoms. The lowest BCUT2D eigenvalue weighted by atomic mass is 9.96. The monoisotopic (exact) mass is 418 g/mol. The molecule has 1 aliphatic rings. The highest BCUT2D eigenvalue weighted by atomic mass is 16.5. The predicted octanol–water partition coefficient (Wildman–Crippen LogP) is 4.49. The Morgan fingerprint density at radius 3 is 2.71 bits per heavy atom. The fourth-order valence-electron chi connectivity index (χ4n) is 4.13. The second-order valence-electron chi connectivity index (χ2n) is 8.27. The lowest BCUT2D eigenvalue weighted by Gasteiger charge is -2.31. The zero-order chi connectivity index (χ0) is 21.4. The Morgan fingerprint density at radius 1 is 1.13 bits per heavy atom. The highest BCUT2D eigenvalue weighted by Crippen LogP contribution is 2.33. The van der Waals surface area contributed by atoms with Crippen LogP contribution in [-0.2, 0) is 0 Å². The molecule has 0 saturated carbocycles. The second-order valence-corrected chi connectivity index (χ2v) is 8.27. The summed E-state index contributed by atoms with van der Waals surface area (Å²) in [7, 11) is 0. The van der Waals surface area contributed by atoms with E-state index in [1.807, 2.05) is 51.2 Å². The smallest absolute Gasteiger partial charge is 0.219 e. The SMILES string of the molecule is Cc1nnc(C2CCN(c3cc(-c4n[nH]c5ccc(OC(C)C)cc45)ccn3)CC2)o1. The molecule has 8 heteroatoms. The first-order valence-corrected chi connectivity index (χ1v) is 10.7. The summed E-state index contributed by atoms with van der Waals surface area (Å²) in [6.07, 6.45) is 3.91. The van der Waals surface area contributed by atoms with E-state index in [9.17, 15) is 0 Å². The van der Waals surface area contributed by atoms with Gasteiger partial charge in [-0.15, -0.1) is 10.2 Å². The number of rotatable bonds is 5. The molecule has 0 spiro atoms. The molecule has 1 N–H and O–H groups in total. The van der Waals surface area contributed by atoms with Gasteiger partial charge in [0.1, 0.15) is 17.3 Å². The van der Waals surface area contributed by atoms with E-state index in [1.54, 1.807) is 0 Å². The first kappa shape index (κ1) is 19.5. The van der Waals surface area contributed by atoms with Crippen LogP contribution in [0.25, 0.3) is 22.2 Å². The maximum Gasteiger partial charge on any atom is 0.219 e. The molecule has 0 amide bonds. The van der Waals surface area contributed by atoms with E-state index in [0.29, 0.717) is 11.8 Å². The summed E-state index contributed by atoms with van der Waals surface area (Å²) in [4.78, 5) is 6.93. The van der Waals surface area contributed by atoms with Crippen molar-refractivity contribution in [1.29, 1.82) is 0 Å². The molecular weight excluding hydrogens is 392 g/mol. The van der Waals surface area contributed by atoms with Crippen molar-refractivity contribution in [3.63, 3.8) is 0 Å². The van der Waals surface area contributed by atoms with E-state index < -0.39 is 0 Å². The van der Waals surface area contributed by atoms with E-state index in [4.69, 9.17) is 9.15 Å². The highest BCUT2D eigenvalue weighted by Gasteiger charge is 2.25. The summed E-state index contributed by atoms with van der Waals surface area (Å²) in [5, 5.41) is 16.9. The number of anilines is 1. The van der Waals surface area contributed by atoms with Crippen molar-refractivity contribution in [3.8, 4) is 17.0 Å². The third-order valence-electron chi connectivity index (χ3n) is 5.63. The number of pyridine rings is 1. The zero-order valence-electron chi connectivity index (χ0n) is 18.0. The van der Waals surface area contributed by atoms with Crippen LogP contribution in [0.4, 0.5) is 5.82 Å². The van der Waals surface area contributed by atoms with E-state index in [2.05, 4.69) is 36.3 Å². The summed E-state index contributed by atoms with van der Waals surface area (Å²) < 4.78 is 11.5. The number of benzene rings is 1. The molecule has 1 fully saturated rings. The number of nitrogens with one attached hydrogen (secondary N) is 1. The molecule has 0 unspecified atom stereocenters. The lowest BCUT2D eigenvalue weighted by Crippen LogP contribution is -2.33. The molecule has 4 heterocycles. The van der Waals surface area contributed by atoms with Gasteiger partial charge in [0.05, 0.1) is 11.6 Å². The molecule has 0 aliphatic carbocycles. The summed E-state index contributed by atoms with van der Waals surface area (Å²) in [6, 6.07) is 10.1. The molecule has 1 aliphatic heterocycles. The number of nitrogens with zero attached hydrogens (tertiary/aromatic N) is 5. The van der Waals surface area contributed by atoms with Gasteiger partial charge in [-0.3, -0.25) is 5.10 Å². The van der Waals surface area contributed by atoms with Gasteiger partial charge < -0.3 is 14.1 Å². The van der Waals surface area contributed by atoms with Crippen molar-refractivity contribution >= 4 is 16.7 Å². The third kappa shape index (κ3) is 3.97. The fourth-order valence-corrected chi connectivity index (χ4v) is 4.13. The summed E-state index contributed by atoms with van der Waals surface area (Å²) in [5.74, 6) is 3.50. The predicted molar refractivity (Wildman–Crippen MR) is 118 cm³/mol. The number of aryl methyl sites for hydroxylation is 1. The molecule has 3 aromatic heterocycles. The van der Waals surface area contributed by atoms with Crippen LogP contribution in [-0.4, -0.2) is 44.6 Å². The maximum atomic E-state index is 5.87. The molecule has 1 saturated heterocycles. The Bertz CT molecular complexity index is 1190. The average Bonchev–Trinajstić information content (AvgIpc) is 3.39. The van der Waals surface area contributed by atoms with Crippen molar-refractivity contribution in [3.05, 3.63) is 48.3 Å². The average molecular weight is 419 g/mol. The van der Waals surface area contributed by atoms with Crippen LogP contribution >= 0.6 is 0 Å². The number of fused-ring (bicyclic) bond motifs is 1. The number of hydrogen-bond acceptors (Lipinski definition) is 7.